The second kappa shape index (κ2) is 5.85. The highest BCUT2D eigenvalue weighted by Gasteiger charge is 2.11. The summed E-state index contributed by atoms with van der Waals surface area (Å²) in [6.45, 7) is 1.93. The Morgan fingerprint density at radius 1 is 1.19 bits per heavy atom. The molecular formula is C13H20N2O. The lowest BCUT2D eigenvalue weighted by Crippen LogP contribution is -2.33. The van der Waals surface area contributed by atoms with Gasteiger partial charge in [-0.2, -0.15) is 0 Å². The topological polar surface area (TPSA) is 34.0 Å². The molecular weight excluding hydrogens is 200 g/mol. The van der Waals surface area contributed by atoms with E-state index in [1.165, 1.54) is 32.1 Å². The molecule has 0 radical (unpaired) electrons. The number of hydrogen-bond donors (Lipinski definition) is 1. The maximum atomic E-state index is 10.9. The highest BCUT2D eigenvalue weighted by molar-refractivity contribution is 4.93. The largest absolute Gasteiger partial charge is 0.353 e. The fraction of sp³-hybridized carbons (Fsp3) is 0.615. The van der Waals surface area contributed by atoms with Crippen LogP contribution in [0.4, 0.5) is 0 Å². The van der Waals surface area contributed by atoms with E-state index < -0.39 is 0 Å². The summed E-state index contributed by atoms with van der Waals surface area (Å²) in [5.41, 5.74) is 0.0801. The first-order chi connectivity index (χ1) is 7.84. The summed E-state index contributed by atoms with van der Waals surface area (Å²) in [4.78, 5) is 10.9. The van der Waals surface area contributed by atoms with Crippen LogP contribution in [0.1, 0.15) is 32.1 Å². The molecule has 0 atom stereocenters. The van der Waals surface area contributed by atoms with Crippen LogP contribution in [0.25, 0.3) is 0 Å². The van der Waals surface area contributed by atoms with E-state index in [-0.39, 0.29) is 5.43 Å². The molecule has 0 unspecified atom stereocenters. The molecule has 1 saturated carbocycles. The van der Waals surface area contributed by atoms with Crippen molar-refractivity contribution >= 4 is 0 Å². The highest BCUT2D eigenvalue weighted by Crippen LogP contribution is 2.16. The van der Waals surface area contributed by atoms with Crippen molar-refractivity contribution in [1.82, 2.24) is 9.88 Å². The van der Waals surface area contributed by atoms with Crippen LogP contribution < -0.4 is 10.7 Å². The predicted octanol–water partition coefficient (Wildman–Crippen LogP) is 1.77. The first kappa shape index (κ1) is 11.4. The molecule has 0 bridgehead atoms. The quantitative estimate of drug-likeness (QED) is 0.839. The zero-order valence-corrected chi connectivity index (χ0v) is 9.69. The summed E-state index contributed by atoms with van der Waals surface area (Å²) in [5.74, 6) is 0. The third kappa shape index (κ3) is 3.49. The van der Waals surface area contributed by atoms with Gasteiger partial charge in [0.2, 0.25) is 0 Å². The molecule has 0 spiro atoms. The Morgan fingerprint density at radius 2 is 1.88 bits per heavy atom. The van der Waals surface area contributed by atoms with Crippen molar-refractivity contribution in [1.29, 1.82) is 0 Å². The van der Waals surface area contributed by atoms with Gasteiger partial charge in [0.1, 0.15) is 0 Å². The van der Waals surface area contributed by atoms with E-state index in [2.05, 4.69) is 9.88 Å². The Hall–Kier alpha value is -1.09. The van der Waals surface area contributed by atoms with Gasteiger partial charge in [-0.1, -0.05) is 19.3 Å². The number of nitrogens with one attached hydrogen (secondary N) is 1. The minimum absolute atomic E-state index is 0.0801. The highest BCUT2D eigenvalue weighted by atomic mass is 16.1. The van der Waals surface area contributed by atoms with E-state index in [0.717, 1.165) is 13.1 Å². The van der Waals surface area contributed by atoms with Crippen LogP contribution in [-0.4, -0.2) is 17.2 Å². The number of pyridine rings is 1. The van der Waals surface area contributed by atoms with Crippen LogP contribution >= 0.6 is 0 Å². The summed E-state index contributed by atoms with van der Waals surface area (Å²) in [6.07, 6.45) is 10.5. The van der Waals surface area contributed by atoms with Crippen LogP contribution in [0.15, 0.2) is 29.3 Å². The fourth-order valence-electron chi connectivity index (χ4n) is 2.30. The molecule has 1 heterocycles. The molecule has 3 nitrogen and oxygen atoms in total. The molecule has 1 aliphatic rings. The summed E-state index contributed by atoms with van der Waals surface area (Å²) in [5, 5.41) is 3.59. The van der Waals surface area contributed by atoms with Crippen LogP contribution in [0, 0.1) is 0 Å². The van der Waals surface area contributed by atoms with Gasteiger partial charge in [-0.05, 0) is 12.8 Å². The molecule has 0 amide bonds. The summed E-state index contributed by atoms with van der Waals surface area (Å²) in [7, 11) is 0. The second-order valence-electron chi connectivity index (χ2n) is 4.56. The minimum Gasteiger partial charge on any atom is -0.353 e. The lowest BCUT2D eigenvalue weighted by molar-refractivity contribution is 0.368. The summed E-state index contributed by atoms with van der Waals surface area (Å²) in [6, 6.07) is 3.94. The molecule has 3 heteroatoms. The van der Waals surface area contributed by atoms with Crippen LogP contribution in [-0.2, 0) is 6.54 Å². The van der Waals surface area contributed by atoms with Crippen molar-refractivity contribution in [3.8, 4) is 0 Å². The van der Waals surface area contributed by atoms with E-state index in [0.29, 0.717) is 6.04 Å². The minimum atomic E-state index is 0.0801. The average Bonchev–Trinajstić information content (AvgIpc) is 2.33. The zero-order valence-electron chi connectivity index (χ0n) is 9.69. The molecule has 1 aliphatic carbocycles. The lowest BCUT2D eigenvalue weighted by atomic mass is 9.95. The summed E-state index contributed by atoms with van der Waals surface area (Å²) < 4.78 is 2.05. The Kier molecular flexibility index (Phi) is 4.17. The zero-order chi connectivity index (χ0) is 11.2. The van der Waals surface area contributed by atoms with Gasteiger partial charge >= 0.3 is 0 Å². The maximum absolute atomic E-state index is 10.9. The van der Waals surface area contributed by atoms with E-state index >= 15 is 0 Å². The molecule has 0 saturated heterocycles. The Morgan fingerprint density at radius 3 is 2.56 bits per heavy atom. The van der Waals surface area contributed by atoms with Crippen LogP contribution in [0.5, 0.6) is 0 Å². The molecule has 1 aromatic heterocycles. The third-order valence-electron chi connectivity index (χ3n) is 3.27. The van der Waals surface area contributed by atoms with E-state index in [1.807, 2.05) is 12.4 Å². The monoisotopic (exact) mass is 220 g/mol. The lowest BCUT2D eigenvalue weighted by Gasteiger charge is -2.23. The average molecular weight is 220 g/mol. The molecule has 0 aromatic carbocycles. The SMILES string of the molecule is O=c1ccn(CCNC2CCCCC2)cc1. The maximum Gasteiger partial charge on any atom is 0.181 e. The molecule has 2 rings (SSSR count). The molecule has 88 valence electrons. The van der Waals surface area contributed by atoms with Gasteiger partial charge < -0.3 is 9.88 Å². The Labute approximate surface area is 96.5 Å². The molecule has 1 fully saturated rings. The van der Waals surface area contributed by atoms with Gasteiger partial charge in [0.15, 0.2) is 5.43 Å². The molecule has 1 aromatic rings. The van der Waals surface area contributed by atoms with Crippen LogP contribution in [0.2, 0.25) is 0 Å². The first-order valence-corrected chi connectivity index (χ1v) is 6.24. The second-order valence-corrected chi connectivity index (χ2v) is 4.56. The van der Waals surface area contributed by atoms with E-state index in [4.69, 9.17) is 0 Å². The first-order valence-electron chi connectivity index (χ1n) is 6.24. The van der Waals surface area contributed by atoms with Gasteiger partial charge in [0.25, 0.3) is 0 Å². The van der Waals surface area contributed by atoms with E-state index in [9.17, 15) is 4.79 Å². The Balaban J connectivity index is 1.71. The normalized spacial score (nSPS) is 17.5. The van der Waals surface area contributed by atoms with Crippen molar-refractivity contribution in [3.05, 3.63) is 34.7 Å². The van der Waals surface area contributed by atoms with Crippen molar-refractivity contribution in [3.63, 3.8) is 0 Å². The number of rotatable bonds is 4. The fourth-order valence-corrected chi connectivity index (χ4v) is 2.30. The van der Waals surface area contributed by atoms with Crippen LogP contribution in [0.3, 0.4) is 0 Å². The Bertz CT molecular complexity index is 346. The van der Waals surface area contributed by atoms with Crippen molar-refractivity contribution in [2.45, 2.75) is 44.7 Å². The molecule has 16 heavy (non-hydrogen) atoms. The molecule has 1 N–H and O–H groups in total. The van der Waals surface area contributed by atoms with Crippen molar-refractivity contribution in [2.24, 2.45) is 0 Å². The predicted molar refractivity (Wildman–Crippen MR) is 65.6 cm³/mol. The van der Waals surface area contributed by atoms with Gasteiger partial charge in [-0.15, -0.1) is 0 Å². The number of nitrogens with zero attached hydrogens (tertiary/aromatic N) is 1. The van der Waals surface area contributed by atoms with Gasteiger partial charge in [-0.3, -0.25) is 4.79 Å². The van der Waals surface area contributed by atoms with E-state index in [1.54, 1.807) is 12.1 Å². The van der Waals surface area contributed by atoms with Crippen molar-refractivity contribution < 1.29 is 0 Å². The number of aromatic nitrogens is 1. The van der Waals surface area contributed by atoms with Gasteiger partial charge in [-0.25, -0.2) is 0 Å². The van der Waals surface area contributed by atoms with Gasteiger partial charge in [0.05, 0.1) is 0 Å². The smallest absolute Gasteiger partial charge is 0.181 e. The summed E-state index contributed by atoms with van der Waals surface area (Å²) >= 11 is 0. The van der Waals surface area contributed by atoms with Crippen molar-refractivity contribution in [2.75, 3.05) is 6.54 Å². The third-order valence-corrected chi connectivity index (χ3v) is 3.27. The van der Waals surface area contributed by atoms with Gasteiger partial charge in [0, 0.05) is 43.7 Å². The standard InChI is InChI=1S/C13H20N2O/c16-13-6-9-15(10-7-13)11-8-14-12-4-2-1-3-5-12/h6-7,9-10,12,14H,1-5,8,11H2. The number of hydrogen-bond acceptors (Lipinski definition) is 2. The molecule has 0 aliphatic heterocycles.